The second-order valence-corrected chi connectivity index (χ2v) is 4.71. The Morgan fingerprint density at radius 1 is 1.30 bits per heavy atom. The van der Waals surface area contributed by atoms with Crippen molar-refractivity contribution < 1.29 is 19.1 Å². The van der Waals surface area contributed by atoms with Gasteiger partial charge >= 0.3 is 5.97 Å². The summed E-state index contributed by atoms with van der Waals surface area (Å²) in [6.45, 7) is 1.82. The Morgan fingerprint density at radius 2 is 2.05 bits per heavy atom. The van der Waals surface area contributed by atoms with Crippen molar-refractivity contribution in [1.29, 1.82) is 0 Å². The van der Waals surface area contributed by atoms with Crippen LogP contribution in [0, 0.1) is 0 Å². The number of esters is 1. The highest BCUT2D eigenvalue weighted by atomic mass is 16.5. The first-order chi connectivity index (χ1) is 9.67. The second kappa shape index (κ2) is 9.02. The van der Waals surface area contributed by atoms with Crippen molar-refractivity contribution in [1.82, 2.24) is 0 Å². The van der Waals surface area contributed by atoms with Gasteiger partial charge in [0.1, 0.15) is 12.6 Å². The van der Waals surface area contributed by atoms with E-state index in [4.69, 9.17) is 4.74 Å². The van der Waals surface area contributed by atoms with E-state index in [2.05, 4.69) is 0 Å². The zero-order valence-corrected chi connectivity index (χ0v) is 11.7. The largest absolute Gasteiger partial charge is 0.463 e. The van der Waals surface area contributed by atoms with Crippen LogP contribution in [0.25, 0.3) is 0 Å². The number of unbranched alkanes of at least 4 members (excludes halogenated alkanes) is 1. The third kappa shape index (κ3) is 5.78. The zero-order valence-electron chi connectivity index (χ0n) is 11.7. The van der Waals surface area contributed by atoms with Crippen LogP contribution in [0.2, 0.25) is 0 Å². The van der Waals surface area contributed by atoms with Gasteiger partial charge in [-0.3, -0.25) is 9.59 Å². The summed E-state index contributed by atoms with van der Waals surface area (Å²) in [4.78, 5) is 32.7. The van der Waals surface area contributed by atoms with E-state index in [1.807, 2.05) is 19.1 Å². The number of aryl methyl sites for hydroxylation is 1. The van der Waals surface area contributed by atoms with E-state index in [1.165, 1.54) is 0 Å². The normalized spacial score (nSPS) is 11.7. The van der Waals surface area contributed by atoms with Gasteiger partial charge in [-0.1, -0.05) is 24.3 Å². The first-order valence-corrected chi connectivity index (χ1v) is 6.83. The van der Waals surface area contributed by atoms with Gasteiger partial charge in [-0.15, -0.1) is 0 Å². The summed E-state index contributed by atoms with van der Waals surface area (Å²) in [5.74, 6) is -0.274. The summed E-state index contributed by atoms with van der Waals surface area (Å²) in [5, 5.41) is 0. The number of carbonyl (C=O) groups is 3. The Bertz CT molecular complexity index is 454. The van der Waals surface area contributed by atoms with E-state index in [9.17, 15) is 14.4 Å². The van der Waals surface area contributed by atoms with Gasteiger partial charge in [0, 0.05) is 18.4 Å². The van der Waals surface area contributed by atoms with Gasteiger partial charge in [0.15, 0.2) is 0 Å². The van der Waals surface area contributed by atoms with E-state index >= 15 is 0 Å². The molecule has 1 atom stereocenters. The van der Waals surface area contributed by atoms with Gasteiger partial charge in [-0.25, -0.2) is 0 Å². The van der Waals surface area contributed by atoms with Crippen LogP contribution in [0.3, 0.4) is 0 Å². The summed E-state index contributed by atoms with van der Waals surface area (Å²) in [7, 11) is 0. The minimum atomic E-state index is -0.274. The van der Waals surface area contributed by atoms with Crippen LogP contribution in [0.4, 0.5) is 0 Å². The number of hydrogen-bond acceptors (Lipinski definition) is 4. The van der Waals surface area contributed by atoms with Crippen molar-refractivity contribution in [3.63, 3.8) is 0 Å². The number of hydrogen-bond donors (Lipinski definition) is 0. The lowest BCUT2D eigenvalue weighted by Gasteiger charge is -2.12. The number of rotatable bonds is 9. The van der Waals surface area contributed by atoms with Crippen LogP contribution in [0.15, 0.2) is 24.3 Å². The Morgan fingerprint density at radius 3 is 2.75 bits per heavy atom. The first-order valence-electron chi connectivity index (χ1n) is 6.83. The highest BCUT2D eigenvalue weighted by Gasteiger charge is 2.10. The number of benzene rings is 1. The summed E-state index contributed by atoms with van der Waals surface area (Å²) in [6, 6.07) is 7.20. The molecular weight excluding hydrogens is 256 g/mol. The molecule has 0 aromatic heterocycles. The van der Waals surface area contributed by atoms with Gasteiger partial charge < -0.3 is 9.53 Å². The molecule has 0 aliphatic carbocycles. The molecule has 0 bridgehead atoms. The molecule has 1 unspecified atom stereocenters. The summed E-state index contributed by atoms with van der Waals surface area (Å²) in [5.41, 5.74) is 1.47. The van der Waals surface area contributed by atoms with Crippen molar-refractivity contribution in [3.05, 3.63) is 35.4 Å². The Kier molecular flexibility index (Phi) is 7.25. The van der Waals surface area contributed by atoms with Crippen molar-refractivity contribution in [2.24, 2.45) is 0 Å². The standard InChI is InChI=1S/C16H20O4/c1-13(6-4-5-11-17)20-16(19)10-9-14-7-2-3-8-15(14)12-18/h2-3,7-8,11-13H,4-6,9-10H2,1H3. The highest BCUT2D eigenvalue weighted by Crippen LogP contribution is 2.11. The molecule has 0 spiro atoms. The minimum Gasteiger partial charge on any atom is -0.463 e. The molecular formula is C16H20O4. The van der Waals surface area contributed by atoms with Crippen LogP contribution in [0.5, 0.6) is 0 Å². The molecule has 1 aromatic carbocycles. The maximum absolute atomic E-state index is 11.7. The molecule has 1 rings (SSSR count). The number of ether oxygens (including phenoxy) is 1. The maximum atomic E-state index is 11.7. The van der Waals surface area contributed by atoms with Crippen molar-refractivity contribution in [2.45, 2.75) is 45.1 Å². The molecule has 1 aromatic rings. The Labute approximate surface area is 119 Å². The van der Waals surface area contributed by atoms with Crippen LogP contribution >= 0.6 is 0 Å². The Balaban J connectivity index is 2.35. The number of carbonyl (C=O) groups excluding carboxylic acids is 3. The molecule has 0 heterocycles. The fraction of sp³-hybridized carbons (Fsp3) is 0.438. The van der Waals surface area contributed by atoms with E-state index in [1.54, 1.807) is 12.1 Å². The lowest BCUT2D eigenvalue weighted by Crippen LogP contribution is -2.15. The molecule has 4 nitrogen and oxygen atoms in total. The molecule has 20 heavy (non-hydrogen) atoms. The highest BCUT2D eigenvalue weighted by molar-refractivity contribution is 5.78. The molecule has 0 amide bonds. The average molecular weight is 276 g/mol. The molecule has 0 N–H and O–H groups in total. The molecule has 0 saturated carbocycles. The molecule has 0 aliphatic rings. The van der Waals surface area contributed by atoms with Gasteiger partial charge in [0.25, 0.3) is 0 Å². The quantitative estimate of drug-likeness (QED) is 0.395. The number of aldehydes is 2. The summed E-state index contributed by atoms with van der Waals surface area (Å²) in [6.07, 6.45) is 4.14. The van der Waals surface area contributed by atoms with Gasteiger partial charge in [-0.05, 0) is 31.7 Å². The lowest BCUT2D eigenvalue weighted by atomic mass is 10.0. The topological polar surface area (TPSA) is 60.4 Å². The van der Waals surface area contributed by atoms with Crippen LogP contribution in [-0.2, 0) is 20.7 Å². The van der Waals surface area contributed by atoms with E-state index < -0.39 is 0 Å². The smallest absolute Gasteiger partial charge is 0.306 e. The summed E-state index contributed by atoms with van der Waals surface area (Å²) < 4.78 is 5.25. The molecule has 108 valence electrons. The van der Waals surface area contributed by atoms with Gasteiger partial charge in [-0.2, -0.15) is 0 Å². The van der Waals surface area contributed by atoms with Gasteiger partial charge in [0.2, 0.25) is 0 Å². The van der Waals surface area contributed by atoms with E-state index in [0.29, 0.717) is 24.8 Å². The van der Waals surface area contributed by atoms with Crippen molar-refractivity contribution in [3.8, 4) is 0 Å². The fourth-order valence-electron chi connectivity index (χ4n) is 1.94. The van der Waals surface area contributed by atoms with Gasteiger partial charge in [0.05, 0.1) is 6.10 Å². The van der Waals surface area contributed by atoms with E-state index in [0.717, 1.165) is 24.6 Å². The lowest BCUT2D eigenvalue weighted by molar-refractivity contribution is -0.148. The molecule has 0 saturated heterocycles. The molecule has 4 heteroatoms. The van der Waals surface area contributed by atoms with Crippen LogP contribution in [0.1, 0.15) is 48.5 Å². The average Bonchev–Trinajstić information content (AvgIpc) is 2.45. The third-order valence-corrected chi connectivity index (χ3v) is 3.05. The Hall–Kier alpha value is -1.97. The predicted molar refractivity (Wildman–Crippen MR) is 75.6 cm³/mol. The monoisotopic (exact) mass is 276 g/mol. The minimum absolute atomic E-state index is 0.177. The molecule has 0 radical (unpaired) electrons. The van der Waals surface area contributed by atoms with Crippen molar-refractivity contribution in [2.75, 3.05) is 0 Å². The zero-order chi connectivity index (χ0) is 14.8. The first kappa shape index (κ1) is 16.1. The molecule has 0 aliphatic heterocycles. The molecule has 0 fully saturated rings. The summed E-state index contributed by atoms with van der Waals surface area (Å²) >= 11 is 0. The maximum Gasteiger partial charge on any atom is 0.306 e. The van der Waals surface area contributed by atoms with Crippen LogP contribution < -0.4 is 0 Å². The second-order valence-electron chi connectivity index (χ2n) is 4.71. The van der Waals surface area contributed by atoms with Crippen molar-refractivity contribution >= 4 is 18.5 Å². The van der Waals surface area contributed by atoms with Crippen LogP contribution in [-0.4, -0.2) is 24.6 Å². The predicted octanol–water partition coefficient (Wildman–Crippen LogP) is 2.73. The fourth-order valence-corrected chi connectivity index (χ4v) is 1.94. The third-order valence-electron chi connectivity index (χ3n) is 3.05. The SMILES string of the molecule is CC(CCCC=O)OC(=O)CCc1ccccc1C=O. The van der Waals surface area contributed by atoms with E-state index in [-0.39, 0.29) is 18.5 Å².